The Balaban J connectivity index is 1.95. The standard InChI is InChI=1S/C21H22O2/c1-4-14-19-15-8-6-5-7-13(15)9-10-17(19)23-18-12-21(2,3)11-16(22)20(14)18/h5-10,14H,4,11-12H2,1-3H3. The highest BCUT2D eigenvalue weighted by Crippen LogP contribution is 2.50. The van der Waals surface area contributed by atoms with Crippen LogP contribution in [0, 0.1) is 5.41 Å². The molecule has 23 heavy (non-hydrogen) atoms. The molecule has 1 heterocycles. The molecule has 2 nitrogen and oxygen atoms in total. The summed E-state index contributed by atoms with van der Waals surface area (Å²) in [5.74, 6) is 2.26. The molecule has 1 unspecified atom stereocenters. The van der Waals surface area contributed by atoms with E-state index in [-0.39, 0.29) is 17.1 Å². The monoisotopic (exact) mass is 306 g/mol. The molecule has 1 aliphatic heterocycles. The molecule has 2 heteroatoms. The molecule has 0 fully saturated rings. The van der Waals surface area contributed by atoms with E-state index in [2.05, 4.69) is 57.2 Å². The van der Waals surface area contributed by atoms with Crippen LogP contribution in [0.5, 0.6) is 5.75 Å². The van der Waals surface area contributed by atoms with Gasteiger partial charge >= 0.3 is 0 Å². The van der Waals surface area contributed by atoms with Crippen molar-refractivity contribution in [3.05, 3.63) is 53.3 Å². The number of rotatable bonds is 1. The Labute approximate surface area is 137 Å². The summed E-state index contributed by atoms with van der Waals surface area (Å²) in [5.41, 5.74) is 2.11. The van der Waals surface area contributed by atoms with Crippen LogP contribution in [0.3, 0.4) is 0 Å². The average molecular weight is 306 g/mol. The van der Waals surface area contributed by atoms with Gasteiger partial charge < -0.3 is 4.74 Å². The van der Waals surface area contributed by atoms with Crippen LogP contribution in [-0.2, 0) is 4.79 Å². The molecule has 0 radical (unpaired) electrons. The van der Waals surface area contributed by atoms with Crippen LogP contribution in [-0.4, -0.2) is 5.78 Å². The first kappa shape index (κ1) is 14.5. The van der Waals surface area contributed by atoms with Crippen molar-refractivity contribution in [1.29, 1.82) is 0 Å². The third kappa shape index (κ3) is 2.20. The van der Waals surface area contributed by atoms with E-state index in [1.54, 1.807) is 0 Å². The number of allylic oxidation sites excluding steroid dienone is 2. The van der Waals surface area contributed by atoms with Crippen LogP contribution in [0.4, 0.5) is 0 Å². The van der Waals surface area contributed by atoms with Gasteiger partial charge in [-0.3, -0.25) is 4.79 Å². The third-order valence-corrected chi connectivity index (χ3v) is 5.15. The summed E-state index contributed by atoms with van der Waals surface area (Å²) in [7, 11) is 0. The van der Waals surface area contributed by atoms with Gasteiger partial charge in [-0.1, -0.05) is 51.1 Å². The summed E-state index contributed by atoms with van der Waals surface area (Å²) in [4.78, 5) is 12.8. The maximum atomic E-state index is 12.8. The molecule has 2 aliphatic rings. The highest BCUT2D eigenvalue weighted by molar-refractivity contribution is 6.01. The van der Waals surface area contributed by atoms with Crippen molar-refractivity contribution in [3.63, 3.8) is 0 Å². The van der Waals surface area contributed by atoms with Crippen molar-refractivity contribution in [3.8, 4) is 5.75 Å². The zero-order valence-corrected chi connectivity index (χ0v) is 14.0. The number of Topliss-reactive ketones (excluding diaryl/α,β-unsaturated/α-hetero) is 1. The summed E-state index contributed by atoms with van der Waals surface area (Å²) in [6.45, 7) is 6.46. The minimum atomic E-state index is -0.0113. The van der Waals surface area contributed by atoms with E-state index >= 15 is 0 Å². The van der Waals surface area contributed by atoms with Crippen LogP contribution in [0.2, 0.25) is 0 Å². The smallest absolute Gasteiger partial charge is 0.163 e. The van der Waals surface area contributed by atoms with Crippen LogP contribution >= 0.6 is 0 Å². The predicted molar refractivity (Wildman–Crippen MR) is 92.7 cm³/mol. The minimum absolute atomic E-state index is 0.0113. The van der Waals surface area contributed by atoms with Gasteiger partial charge in [-0.2, -0.15) is 0 Å². The molecule has 0 bridgehead atoms. The van der Waals surface area contributed by atoms with Crippen LogP contribution in [0.25, 0.3) is 10.8 Å². The molecule has 0 aromatic heterocycles. The number of hydrogen-bond donors (Lipinski definition) is 0. The summed E-state index contributed by atoms with van der Waals surface area (Å²) in [6, 6.07) is 12.6. The number of benzene rings is 2. The SMILES string of the molecule is CCC1C2=C(CC(C)(C)CC2=O)Oc2ccc3ccccc3c21. The lowest BCUT2D eigenvalue weighted by atomic mass is 9.70. The molecule has 2 aromatic rings. The molecule has 1 aliphatic carbocycles. The number of ketones is 1. The quantitative estimate of drug-likeness (QED) is 0.708. The normalized spacial score (nSPS) is 22.6. The Hall–Kier alpha value is -2.09. The van der Waals surface area contributed by atoms with E-state index in [1.165, 1.54) is 16.3 Å². The van der Waals surface area contributed by atoms with E-state index in [0.717, 1.165) is 29.9 Å². The molecule has 118 valence electrons. The van der Waals surface area contributed by atoms with Crippen molar-refractivity contribution in [2.45, 2.75) is 46.0 Å². The lowest BCUT2D eigenvalue weighted by Gasteiger charge is -2.38. The predicted octanol–water partition coefficient (Wildman–Crippen LogP) is 5.37. The van der Waals surface area contributed by atoms with Gasteiger partial charge in [0, 0.05) is 29.9 Å². The first-order chi connectivity index (χ1) is 11.0. The molecule has 0 saturated carbocycles. The summed E-state index contributed by atoms with van der Waals surface area (Å²) < 4.78 is 6.24. The zero-order valence-electron chi connectivity index (χ0n) is 14.0. The second kappa shape index (κ2) is 4.95. The number of carbonyl (C=O) groups excluding carboxylic acids is 1. The van der Waals surface area contributed by atoms with E-state index in [4.69, 9.17) is 4.74 Å². The fraction of sp³-hybridized carbons (Fsp3) is 0.381. The van der Waals surface area contributed by atoms with E-state index < -0.39 is 0 Å². The third-order valence-electron chi connectivity index (χ3n) is 5.15. The van der Waals surface area contributed by atoms with E-state index in [1.807, 2.05) is 0 Å². The maximum absolute atomic E-state index is 12.8. The number of hydrogen-bond acceptors (Lipinski definition) is 2. The Morgan fingerprint density at radius 1 is 1.13 bits per heavy atom. The fourth-order valence-corrected chi connectivity index (χ4v) is 4.17. The van der Waals surface area contributed by atoms with Gasteiger partial charge in [0.2, 0.25) is 0 Å². The van der Waals surface area contributed by atoms with Gasteiger partial charge in [-0.15, -0.1) is 0 Å². The zero-order chi connectivity index (χ0) is 16.2. The van der Waals surface area contributed by atoms with Gasteiger partial charge in [-0.05, 0) is 28.7 Å². The van der Waals surface area contributed by atoms with Crippen LogP contribution < -0.4 is 4.74 Å². The highest BCUT2D eigenvalue weighted by atomic mass is 16.5. The Morgan fingerprint density at radius 3 is 2.70 bits per heavy atom. The first-order valence-electron chi connectivity index (χ1n) is 8.46. The summed E-state index contributed by atoms with van der Waals surface area (Å²) >= 11 is 0. The lowest BCUT2D eigenvalue weighted by Crippen LogP contribution is -2.32. The molecule has 2 aromatic carbocycles. The average Bonchev–Trinajstić information content (AvgIpc) is 2.51. The second-order valence-corrected chi connectivity index (χ2v) is 7.54. The van der Waals surface area contributed by atoms with Crippen molar-refractivity contribution < 1.29 is 9.53 Å². The highest BCUT2D eigenvalue weighted by Gasteiger charge is 2.41. The second-order valence-electron chi connectivity index (χ2n) is 7.54. The van der Waals surface area contributed by atoms with Gasteiger partial charge in [0.25, 0.3) is 0 Å². The largest absolute Gasteiger partial charge is 0.461 e. The summed E-state index contributed by atoms with van der Waals surface area (Å²) in [5, 5.41) is 2.42. The number of fused-ring (bicyclic) bond motifs is 3. The van der Waals surface area contributed by atoms with Gasteiger partial charge in [-0.25, -0.2) is 0 Å². The molecule has 4 rings (SSSR count). The molecule has 0 amide bonds. The molecular formula is C21H22O2. The molecule has 1 atom stereocenters. The number of carbonyl (C=O) groups is 1. The summed E-state index contributed by atoms with van der Waals surface area (Å²) in [6.07, 6.45) is 2.39. The molecular weight excluding hydrogens is 284 g/mol. The molecule has 0 spiro atoms. The lowest BCUT2D eigenvalue weighted by molar-refractivity contribution is -0.118. The Morgan fingerprint density at radius 2 is 1.91 bits per heavy atom. The van der Waals surface area contributed by atoms with Crippen LogP contribution in [0.1, 0.15) is 51.5 Å². The topological polar surface area (TPSA) is 26.3 Å². The number of ether oxygens (including phenoxy) is 1. The molecule has 0 saturated heterocycles. The van der Waals surface area contributed by atoms with Gasteiger partial charge in [0.1, 0.15) is 11.5 Å². The Kier molecular flexibility index (Phi) is 3.12. The first-order valence-corrected chi connectivity index (χ1v) is 8.46. The van der Waals surface area contributed by atoms with E-state index in [9.17, 15) is 4.79 Å². The fourth-order valence-electron chi connectivity index (χ4n) is 4.17. The maximum Gasteiger partial charge on any atom is 0.163 e. The van der Waals surface area contributed by atoms with Crippen molar-refractivity contribution in [2.75, 3.05) is 0 Å². The minimum Gasteiger partial charge on any atom is -0.461 e. The van der Waals surface area contributed by atoms with Crippen molar-refractivity contribution >= 4 is 16.6 Å². The van der Waals surface area contributed by atoms with E-state index in [0.29, 0.717) is 6.42 Å². The van der Waals surface area contributed by atoms with Gasteiger partial charge in [0.05, 0.1) is 0 Å². The van der Waals surface area contributed by atoms with Crippen LogP contribution in [0.15, 0.2) is 47.7 Å². The Bertz CT molecular complexity index is 842. The van der Waals surface area contributed by atoms with Crippen molar-refractivity contribution in [2.24, 2.45) is 5.41 Å². The van der Waals surface area contributed by atoms with Gasteiger partial charge in [0.15, 0.2) is 5.78 Å². The van der Waals surface area contributed by atoms with Crippen molar-refractivity contribution in [1.82, 2.24) is 0 Å². The molecule has 0 N–H and O–H groups in total.